The molecule has 0 saturated carbocycles. The van der Waals surface area contributed by atoms with E-state index in [9.17, 15) is 22.8 Å². The van der Waals surface area contributed by atoms with Crippen LogP contribution in [0, 0.1) is 0 Å². The third kappa shape index (κ3) is 4.81. The molecule has 0 aliphatic heterocycles. The smallest absolute Gasteiger partial charge is 0.382 e. The van der Waals surface area contributed by atoms with Gasteiger partial charge in [0.05, 0.1) is 24.1 Å². The predicted octanol–water partition coefficient (Wildman–Crippen LogP) is 2.66. The van der Waals surface area contributed by atoms with Crippen LogP contribution < -0.4 is 10.9 Å². The van der Waals surface area contributed by atoms with Crippen molar-refractivity contribution in [3.8, 4) is 16.9 Å². The molecule has 2 aromatic heterocycles. The normalized spacial score (nSPS) is 12.6. The summed E-state index contributed by atoms with van der Waals surface area (Å²) in [7, 11) is 0. The molecule has 0 unspecified atom stereocenters. The molecule has 7 nitrogen and oxygen atoms in total. The highest BCUT2D eigenvalue weighted by molar-refractivity contribution is 7.03. The van der Waals surface area contributed by atoms with Crippen LogP contribution in [0.15, 0.2) is 46.7 Å². The van der Waals surface area contributed by atoms with E-state index in [0.29, 0.717) is 16.3 Å². The lowest BCUT2D eigenvalue weighted by molar-refractivity contribution is -0.201. The first kappa shape index (κ1) is 21.0. The Morgan fingerprint density at radius 2 is 2.00 bits per heavy atom. The van der Waals surface area contributed by atoms with Gasteiger partial charge in [-0.15, -0.1) is 0 Å². The van der Waals surface area contributed by atoms with Crippen molar-refractivity contribution in [1.82, 2.24) is 19.5 Å². The molecule has 12 heteroatoms. The van der Waals surface area contributed by atoms with E-state index in [1.807, 2.05) is 5.32 Å². The zero-order valence-electron chi connectivity index (χ0n) is 14.4. The first-order chi connectivity index (χ1) is 13.7. The third-order valence-electron chi connectivity index (χ3n) is 3.79. The number of aliphatic hydroxyl groups is 1. The molecule has 0 aliphatic carbocycles. The lowest BCUT2D eigenvalue weighted by Gasteiger charge is -2.15. The highest BCUT2D eigenvalue weighted by atomic mass is 35.5. The lowest BCUT2D eigenvalue weighted by atomic mass is 10.1. The van der Waals surface area contributed by atoms with Crippen molar-refractivity contribution >= 4 is 29.0 Å². The Bertz CT molecular complexity index is 1070. The van der Waals surface area contributed by atoms with E-state index in [4.69, 9.17) is 16.7 Å². The van der Waals surface area contributed by atoms with Crippen molar-refractivity contribution in [2.75, 3.05) is 6.54 Å². The fourth-order valence-electron chi connectivity index (χ4n) is 2.30. The maximum Gasteiger partial charge on any atom is 0.416 e. The minimum Gasteiger partial charge on any atom is -0.382 e. The lowest BCUT2D eigenvalue weighted by Crippen LogP contribution is -2.42. The molecule has 0 aliphatic rings. The van der Waals surface area contributed by atoms with Gasteiger partial charge in [-0.2, -0.15) is 27.3 Å². The average Bonchev–Trinajstić information content (AvgIpc) is 3.20. The van der Waals surface area contributed by atoms with Gasteiger partial charge in [-0.1, -0.05) is 23.7 Å². The van der Waals surface area contributed by atoms with Crippen molar-refractivity contribution in [1.29, 1.82) is 0 Å². The number of rotatable bonds is 5. The Labute approximate surface area is 170 Å². The molecule has 1 aromatic carbocycles. The quantitative estimate of drug-likeness (QED) is 0.630. The number of nitrogens with one attached hydrogen (secondary N) is 1. The number of carbonyl (C=O) groups is 1. The van der Waals surface area contributed by atoms with Crippen LogP contribution in [0.1, 0.15) is 10.4 Å². The van der Waals surface area contributed by atoms with Crippen LogP contribution in [-0.4, -0.2) is 44.0 Å². The Morgan fingerprint density at radius 1 is 1.31 bits per heavy atom. The number of carbonyl (C=O) groups excluding carboxylic acids is 1. The molecule has 29 heavy (non-hydrogen) atoms. The zero-order chi connectivity index (χ0) is 21.2. The first-order valence-electron chi connectivity index (χ1n) is 8.00. The summed E-state index contributed by atoms with van der Waals surface area (Å²) in [6.45, 7) is -1.10. The largest absolute Gasteiger partial charge is 0.416 e. The number of nitrogens with zero attached hydrogens (tertiary/aromatic N) is 3. The van der Waals surface area contributed by atoms with Gasteiger partial charge < -0.3 is 10.4 Å². The molecule has 0 fully saturated rings. The van der Waals surface area contributed by atoms with Crippen molar-refractivity contribution in [3.63, 3.8) is 0 Å². The molecule has 1 amide bonds. The second-order valence-corrected chi connectivity index (χ2v) is 6.91. The van der Waals surface area contributed by atoms with Crippen molar-refractivity contribution < 1.29 is 23.1 Å². The maximum atomic E-state index is 12.7. The zero-order valence-corrected chi connectivity index (χ0v) is 15.9. The van der Waals surface area contributed by atoms with Gasteiger partial charge in [0.15, 0.2) is 6.10 Å². The topological polar surface area (TPSA) is 97.1 Å². The Kier molecular flexibility index (Phi) is 6.01. The van der Waals surface area contributed by atoms with Gasteiger partial charge >= 0.3 is 6.18 Å². The number of alkyl halides is 3. The van der Waals surface area contributed by atoms with Gasteiger partial charge in [-0.25, -0.2) is 0 Å². The number of benzene rings is 1. The summed E-state index contributed by atoms with van der Waals surface area (Å²) in [6.07, 6.45) is -6.30. The van der Waals surface area contributed by atoms with E-state index in [2.05, 4.69) is 9.47 Å². The second kappa shape index (κ2) is 8.31. The number of aliphatic hydroxyl groups excluding tert-OH is 1. The molecule has 152 valence electrons. The SMILES string of the molecule is O=C(NC[C@H](O)C(F)(F)F)c1cc(-c2ccc(Cl)cc2)nn(-c2cnsc2)c1=O. The van der Waals surface area contributed by atoms with E-state index in [1.165, 1.54) is 11.6 Å². The van der Waals surface area contributed by atoms with Crippen LogP contribution >= 0.6 is 23.1 Å². The summed E-state index contributed by atoms with van der Waals surface area (Å²) in [5.74, 6) is -1.08. The molecular weight excluding hydrogens is 433 g/mol. The Balaban J connectivity index is 2.02. The van der Waals surface area contributed by atoms with E-state index in [-0.39, 0.29) is 5.69 Å². The highest BCUT2D eigenvalue weighted by Gasteiger charge is 2.38. The highest BCUT2D eigenvalue weighted by Crippen LogP contribution is 2.21. The third-order valence-corrected chi connectivity index (χ3v) is 4.62. The van der Waals surface area contributed by atoms with Gasteiger partial charge in [0.2, 0.25) is 0 Å². The molecule has 1 atom stereocenters. The van der Waals surface area contributed by atoms with Crippen molar-refractivity contribution in [3.05, 3.63) is 62.8 Å². The van der Waals surface area contributed by atoms with E-state index < -0.39 is 35.9 Å². The predicted molar refractivity (Wildman–Crippen MR) is 100 cm³/mol. The summed E-state index contributed by atoms with van der Waals surface area (Å²) < 4.78 is 42.2. The molecule has 2 heterocycles. The fraction of sp³-hybridized carbons (Fsp3) is 0.176. The number of halogens is 4. The molecule has 3 rings (SSSR count). The Hall–Kier alpha value is -2.76. The second-order valence-electron chi connectivity index (χ2n) is 5.82. The summed E-state index contributed by atoms with van der Waals surface area (Å²) in [5, 5.41) is 17.2. The van der Waals surface area contributed by atoms with Crippen LogP contribution in [0.2, 0.25) is 5.02 Å². The standard InChI is InChI=1S/C17H12ClF3N4O3S/c18-10-3-1-9(2-4-10)13-5-12(15(27)22-7-14(26)17(19,20)21)16(28)25(24-13)11-6-23-29-8-11/h1-6,8,14,26H,7H2,(H,22,27)/t14-/m0/s1. The van der Waals surface area contributed by atoms with Crippen LogP contribution in [0.5, 0.6) is 0 Å². The fourth-order valence-corrected chi connectivity index (χ4v) is 2.92. The van der Waals surface area contributed by atoms with E-state index in [1.54, 1.807) is 24.3 Å². The van der Waals surface area contributed by atoms with E-state index in [0.717, 1.165) is 22.3 Å². The van der Waals surface area contributed by atoms with E-state index >= 15 is 0 Å². The van der Waals surface area contributed by atoms with Gasteiger partial charge in [0, 0.05) is 16.0 Å². The van der Waals surface area contributed by atoms with Crippen molar-refractivity contribution in [2.24, 2.45) is 0 Å². The van der Waals surface area contributed by atoms with Crippen LogP contribution in [-0.2, 0) is 0 Å². The van der Waals surface area contributed by atoms with Crippen LogP contribution in [0.25, 0.3) is 16.9 Å². The molecule has 3 aromatic rings. The summed E-state index contributed by atoms with van der Waals surface area (Å²) in [6, 6.07) is 7.55. The number of hydrogen-bond donors (Lipinski definition) is 2. The minimum atomic E-state index is -4.90. The Morgan fingerprint density at radius 3 is 2.59 bits per heavy atom. The monoisotopic (exact) mass is 444 g/mol. The van der Waals surface area contributed by atoms with Gasteiger partial charge in [-0.05, 0) is 29.7 Å². The molecule has 0 spiro atoms. The molecule has 0 bridgehead atoms. The molecule has 2 N–H and O–H groups in total. The summed E-state index contributed by atoms with van der Waals surface area (Å²) in [4.78, 5) is 25.1. The van der Waals surface area contributed by atoms with Gasteiger partial charge in [0.25, 0.3) is 11.5 Å². The summed E-state index contributed by atoms with van der Waals surface area (Å²) in [5.41, 5.74) is -0.252. The number of aromatic nitrogens is 3. The van der Waals surface area contributed by atoms with Crippen molar-refractivity contribution in [2.45, 2.75) is 12.3 Å². The molecule has 0 radical (unpaired) electrons. The van der Waals surface area contributed by atoms with Crippen LogP contribution in [0.4, 0.5) is 13.2 Å². The number of hydrogen-bond acceptors (Lipinski definition) is 6. The van der Waals surface area contributed by atoms with Crippen LogP contribution in [0.3, 0.4) is 0 Å². The van der Waals surface area contributed by atoms with Gasteiger partial charge in [-0.3, -0.25) is 9.59 Å². The maximum absolute atomic E-state index is 12.7. The molecule has 0 saturated heterocycles. The minimum absolute atomic E-state index is 0.217. The average molecular weight is 445 g/mol. The number of amides is 1. The molecular formula is C17H12ClF3N4O3S. The summed E-state index contributed by atoms with van der Waals surface area (Å²) >= 11 is 6.92. The van der Waals surface area contributed by atoms with Gasteiger partial charge in [0.1, 0.15) is 5.56 Å². The first-order valence-corrected chi connectivity index (χ1v) is 9.21.